The Morgan fingerprint density at radius 2 is 1.66 bits per heavy atom. The number of rotatable bonds is 5. The minimum atomic E-state index is -0.189. The average molecular weight is 609 g/mol. The molecule has 7 rings (SSSR count). The summed E-state index contributed by atoms with van der Waals surface area (Å²) in [6.07, 6.45) is 23.2. The van der Waals surface area contributed by atoms with Gasteiger partial charge in [0, 0.05) is 26.6 Å². The molecule has 232 valence electrons. The Morgan fingerprint density at radius 1 is 0.932 bits per heavy atom. The molecule has 8 atom stereocenters. The average Bonchev–Trinajstić information content (AvgIpc) is 3.26. The fourth-order valence-electron chi connectivity index (χ4n) is 9.58. The molecule has 0 spiro atoms. The Bertz CT molecular complexity index is 1500. The number of allylic oxidation sites excluding steroid dienone is 6. The van der Waals surface area contributed by atoms with E-state index in [0.29, 0.717) is 30.0 Å². The highest BCUT2D eigenvalue weighted by Crippen LogP contribution is 2.68. The zero-order valence-corrected chi connectivity index (χ0v) is 28.0. The summed E-state index contributed by atoms with van der Waals surface area (Å²) in [5.74, 6) is 1.56. The normalized spacial score (nSPS) is 38.5. The molecular weight excluding hydrogens is 560 g/mol. The minimum Gasteiger partial charge on any atom is -0.373 e. The highest BCUT2D eigenvalue weighted by molar-refractivity contribution is 8.02. The summed E-state index contributed by atoms with van der Waals surface area (Å²) in [6.45, 7) is 10.0. The predicted molar refractivity (Wildman–Crippen MR) is 185 cm³/mol. The first-order valence-corrected chi connectivity index (χ1v) is 17.7. The van der Waals surface area contributed by atoms with Gasteiger partial charge >= 0.3 is 0 Å². The molecule has 0 saturated carbocycles. The van der Waals surface area contributed by atoms with E-state index in [1.165, 1.54) is 36.9 Å². The molecule has 4 heteroatoms. The topological polar surface area (TPSA) is 15.3 Å². The Labute approximate surface area is 269 Å². The van der Waals surface area contributed by atoms with E-state index in [2.05, 4.69) is 117 Å². The number of fused-ring (bicyclic) bond motifs is 3. The maximum absolute atomic E-state index is 13.5. The Kier molecular flexibility index (Phi) is 7.77. The molecule has 8 unspecified atom stereocenters. The lowest BCUT2D eigenvalue weighted by atomic mass is 9.60. The molecule has 2 nitrogen and oxygen atoms in total. The molecule has 2 fully saturated rings. The van der Waals surface area contributed by atoms with Crippen LogP contribution >= 0.6 is 11.8 Å². The molecule has 2 aromatic carbocycles. The van der Waals surface area contributed by atoms with Crippen molar-refractivity contribution in [2.45, 2.75) is 100 Å². The number of nitrogens with zero attached hydrogens (tertiary/aromatic N) is 1. The first-order valence-electron chi connectivity index (χ1n) is 16.9. The lowest BCUT2D eigenvalue weighted by Gasteiger charge is -2.50. The van der Waals surface area contributed by atoms with Gasteiger partial charge in [-0.05, 0) is 125 Å². The Morgan fingerprint density at radius 3 is 2.36 bits per heavy atom. The number of thioether (sulfide) groups is 1. The van der Waals surface area contributed by atoms with Crippen molar-refractivity contribution < 1.29 is 4.39 Å². The first kappa shape index (κ1) is 30.1. The van der Waals surface area contributed by atoms with Gasteiger partial charge in [-0.2, -0.15) is 0 Å². The second-order valence-electron chi connectivity index (χ2n) is 14.8. The Hall–Kier alpha value is -2.56. The number of halogens is 1. The van der Waals surface area contributed by atoms with Crippen molar-refractivity contribution in [3.63, 3.8) is 0 Å². The quantitative estimate of drug-likeness (QED) is 0.340. The van der Waals surface area contributed by atoms with Gasteiger partial charge in [-0.1, -0.05) is 79.8 Å². The molecule has 5 aliphatic rings. The number of likely N-dealkylation sites (tertiary alicyclic amines) is 1. The summed E-state index contributed by atoms with van der Waals surface area (Å²) < 4.78 is 13.7. The molecule has 44 heavy (non-hydrogen) atoms. The fourth-order valence-corrected chi connectivity index (χ4v) is 11.9. The van der Waals surface area contributed by atoms with Gasteiger partial charge in [-0.3, -0.25) is 4.90 Å². The van der Waals surface area contributed by atoms with Gasteiger partial charge in [-0.15, -0.1) is 11.8 Å². The van der Waals surface area contributed by atoms with Gasteiger partial charge in [-0.25, -0.2) is 4.39 Å². The fraction of sp³-hybridized carbons (Fsp3) is 0.500. The van der Waals surface area contributed by atoms with Gasteiger partial charge in [0.2, 0.25) is 0 Å². The number of hydrogen-bond donors (Lipinski definition) is 1. The van der Waals surface area contributed by atoms with E-state index in [1.807, 2.05) is 12.1 Å². The largest absolute Gasteiger partial charge is 0.373 e. The molecule has 1 N–H and O–H groups in total. The smallest absolute Gasteiger partial charge is 0.123 e. The summed E-state index contributed by atoms with van der Waals surface area (Å²) >= 11 is 2.24. The van der Waals surface area contributed by atoms with Crippen LogP contribution in [0.5, 0.6) is 0 Å². The predicted octanol–water partition coefficient (Wildman–Crippen LogP) is 10.0. The van der Waals surface area contributed by atoms with E-state index < -0.39 is 0 Å². The maximum Gasteiger partial charge on any atom is 0.123 e. The molecule has 3 aliphatic carbocycles. The van der Waals surface area contributed by atoms with Gasteiger partial charge in [0.25, 0.3) is 0 Å². The van der Waals surface area contributed by atoms with E-state index in [0.717, 1.165) is 30.4 Å². The number of hydrogen-bond acceptors (Lipinski definition) is 3. The van der Waals surface area contributed by atoms with Crippen molar-refractivity contribution in [1.29, 1.82) is 0 Å². The van der Waals surface area contributed by atoms with Crippen LogP contribution in [0.15, 0.2) is 96.3 Å². The van der Waals surface area contributed by atoms with Crippen LogP contribution in [0.2, 0.25) is 0 Å². The SMILES string of the molecule is CC1CC(c2ccc(-c3ccc(F)cc3)cc2)CC(NC2=C(C3(C)C=CCCC3)C3(C)SC4(C)C=CC=CC4C3CC2)N1C. The lowest BCUT2D eigenvalue weighted by Crippen LogP contribution is -2.54. The summed E-state index contributed by atoms with van der Waals surface area (Å²) in [4.78, 5) is 2.59. The summed E-state index contributed by atoms with van der Waals surface area (Å²) in [5, 5.41) is 4.27. The third kappa shape index (κ3) is 5.14. The number of benzene rings is 2. The van der Waals surface area contributed by atoms with Gasteiger partial charge in [0.15, 0.2) is 0 Å². The van der Waals surface area contributed by atoms with Crippen molar-refractivity contribution in [2.24, 2.45) is 17.3 Å². The van der Waals surface area contributed by atoms with E-state index in [9.17, 15) is 4.39 Å². The van der Waals surface area contributed by atoms with E-state index in [-0.39, 0.29) is 20.7 Å². The molecule has 0 radical (unpaired) electrons. The lowest BCUT2D eigenvalue weighted by molar-refractivity contribution is 0.0918. The van der Waals surface area contributed by atoms with Crippen molar-refractivity contribution >= 4 is 11.8 Å². The monoisotopic (exact) mass is 608 g/mol. The standard InChI is InChI=1S/C40H49FN2S/c1-27-25-31(30-14-12-28(13-15-30)29-16-18-32(41)19-17-29)26-36(43(27)5)42-35-21-20-34-33-11-7-10-24-39(33,3)44-40(34,4)37(35)38(2)22-8-6-9-23-38/h7-8,10-19,22,24,27,31,33-34,36,42H,6,9,20-21,23,25-26H2,1-5H3. The van der Waals surface area contributed by atoms with E-state index >= 15 is 0 Å². The van der Waals surface area contributed by atoms with Crippen LogP contribution in [0, 0.1) is 23.1 Å². The van der Waals surface area contributed by atoms with Crippen molar-refractivity contribution in [2.75, 3.05) is 7.05 Å². The van der Waals surface area contributed by atoms with Crippen molar-refractivity contribution in [3.8, 4) is 11.1 Å². The molecule has 0 bridgehead atoms. The van der Waals surface area contributed by atoms with Crippen LogP contribution in [0.3, 0.4) is 0 Å². The van der Waals surface area contributed by atoms with Crippen molar-refractivity contribution in [3.05, 3.63) is 108 Å². The highest BCUT2D eigenvalue weighted by Gasteiger charge is 2.61. The van der Waals surface area contributed by atoms with Crippen molar-refractivity contribution in [1.82, 2.24) is 10.2 Å². The van der Waals surface area contributed by atoms with E-state index in [4.69, 9.17) is 0 Å². The summed E-state index contributed by atoms with van der Waals surface area (Å²) in [6, 6.07) is 16.4. The maximum atomic E-state index is 13.5. The van der Waals surface area contributed by atoms with Crippen LogP contribution in [0.25, 0.3) is 11.1 Å². The number of nitrogens with one attached hydrogen (secondary N) is 1. The molecule has 0 aromatic heterocycles. The number of piperidine rings is 1. The molecule has 2 aromatic rings. The first-order chi connectivity index (χ1) is 21.1. The van der Waals surface area contributed by atoms with Crippen LogP contribution < -0.4 is 5.32 Å². The molecule has 2 saturated heterocycles. The second-order valence-corrected chi connectivity index (χ2v) is 16.8. The zero-order chi connectivity index (χ0) is 30.7. The molecule has 0 amide bonds. The van der Waals surface area contributed by atoms with Crippen LogP contribution in [-0.4, -0.2) is 33.6 Å². The zero-order valence-electron chi connectivity index (χ0n) is 27.2. The highest BCUT2D eigenvalue weighted by atomic mass is 32.2. The Balaban J connectivity index is 1.20. The molecule has 2 heterocycles. The third-order valence-corrected chi connectivity index (χ3v) is 13.7. The summed E-state index contributed by atoms with van der Waals surface area (Å²) in [7, 11) is 2.32. The van der Waals surface area contributed by atoms with Crippen LogP contribution in [-0.2, 0) is 0 Å². The third-order valence-electron chi connectivity index (χ3n) is 11.9. The minimum absolute atomic E-state index is 0.0900. The van der Waals surface area contributed by atoms with Gasteiger partial charge in [0.1, 0.15) is 5.82 Å². The van der Waals surface area contributed by atoms with Crippen LogP contribution in [0.1, 0.15) is 84.1 Å². The molecular formula is C40H49FN2S. The van der Waals surface area contributed by atoms with Gasteiger partial charge in [0.05, 0.1) is 6.17 Å². The molecule has 2 aliphatic heterocycles. The summed E-state index contributed by atoms with van der Waals surface area (Å²) in [5.41, 5.74) is 6.92. The van der Waals surface area contributed by atoms with Gasteiger partial charge < -0.3 is 5.32 Å². The van der Waals surface area contributed by atoms with Crippen LogP contribution in [0.4, 0.5) is 4.39 Å². The second kappa shape index (κ2) is 11.4. The van der Waals surface area contributed by atoms with E-state index in [1.54, 1.807) is 17.7 Å².